The molecule has 0 aliphatic heterocycles. The Balaban J connectivity index is 2.92. The molecule has 0 aliphatic carbocycles. The summed E-state index contributed by atoms with van der Waals surface area (Å²) in [6.45, 7) is 1.91. The van der Waals surface area contributed by atoms with Crippen molar-refractivity contribution < 1.29 is 23.8 Å². The SMILES string of the molecule is CCOC(=O)CSc1ccc(F)c(N)c1C(=O)O. The van der Waals surface area contributed by atoms with Gasteiger partial charge in [-0.1, -0.05) is 0 Å². The van der Waals surface area contributed by atoms with Crippen LogP contribution in [0.4, 0.5) is 10.1 Å². The van der Waals surface area contributed by atoms with Crippen LogP contribution in [-0.4, -0.2) is 29.4 Å². The number of halogens is 1. The van der Waals surface area contributed by atoms with Crippen LogP contribution in [-0.2, 0) is 9.53 Å². The predicted molar refractivity (Wildman–Crippen MR) is 65.1 cm³/mol. The van der Waals surface area contributed by atoms with E-state index in [1.807, 2.05) is 0 Å². The molecule has 98 valence electrons. The molecule has 0 saturated heterocycles. The van der Waals surface area contributed by atoms with E-state index in [0.29, 0.717) is 0 Å². The van der Waals surface area contributed by atoms with Crippen LogP contribution in [0.2, 0.25) is 0 Å². The largest absolute Gasteiger partial charge is 0.478 e. The van der Waals surface area contributed by atoms with E-state index in [1.165, 1.54) is 6.07 Å². The normalized spacial score (nSPS) is 10.1. The van der Waals surface area contributed by atoms with Crippen molar-refractivity contribution in [1.82, 2.24) is 0 Å². The van der Waals surface area contributed by atoms with Crippen LogP contribution in [0, 0.1) is 5.82 Å². The molecule has 1 aromatic rings. The van der Waals surface area contributed by atoms with Crippen molar-refractivity contribution in [2.45, 2.75) is 11.8 Å². The van der Waals surface area contributed by atoms with Gasteiger partial charge < -0.3 is 15.6 Å². The number of aromatic carboxylic acids is 1. The highest BCUT2D eigenvalue weighted by molar-refractivity contribution is 8.00. The van der Waals surface area contributed by atoms with Gasteiger partial charge in [0.1, 0.15) is 5.82 Å². The van der Waals surface area contributed by atoms with Crippen LogP contribution in [0.25, 0.3) is 0 Å². The molecule has 5 nitrogen and oxygen atoms in total. The zero-order chi connectivity index (χ0) is 13.7. The van der Waals surface area contributed by atoms with Crippen LogP contribution in [0.1, 0.15) is 17.3 Å². The molecule has 0 unspecified atom stereocenters. The van der Waals surface area contributed by atoms with Crippen LogP contribution in [0.3, 0.4) is 0 Å². The maximum absolute atomic E-state index is 13.1. The molecule has 0 saturated carbocycles. The molecule has 0 aromatic heterocycles. The van der Waals surface area contributed by atoms with Crippen LogP contribution in [0.5, 0.6) is 0 Å². The number of anilines is 1. The van der Waals surface area contributed by atoms with E-state index >= 15 is 0 Å². The van der Waals surface area contributed by atoms with E-state index in [4.69, 9.17) is 15.6 Å². The molecule has 0 amide bonds. The zero-order valence-electron chi connectivity index (χ0n) is 9.60. The van der Waals surface area contributed by atoms with Crippen LogP contribution < -0.4 is 5.73 Å². The number of esters is 1. The van der Waals surface area contributed by atoms with Gasteiger partial charge in [-0.15, -0.1) is 11.8 Å². The first-order valence-electron chi connectivity index (χ1n) is 5.07. The van der Waals surface area contributed by atoms with Crippen molar-refractivity contribution in [3.05, 3.63) is 23.5 Å². The van der Waals surface area contributed by atoms with Crippen molar-refractivity contribution in [2.75, 3.05) is 18.1 Å². The summed E-state index contributed by atoms with van der Waals surface area (Å²) in [5.74, 6) is -2.66. The first kappa shape index (κ1) is 14.3. The third-order valence-electron chi connectivity index (χ3n) is 2.02. The number of nitrogen functional groups attached to an aromatic ring is 1. The standard InChI is InChI=1S/C11H12FNO4S/c1-2-17-8(14)5-18-7-4-3-6(12)10(13)9(7)11(15)16/h3-4H,2,5,13H2,1H3,(H,15,16). The summed E-state index contributed by atoms with van der Waals surface area (Å²) in [5, 5.41) is 8.96. The van der Waals surface area contributed by atoms with Gasteiger partial charge in [-0.05, 0) is 19.1 Å². The van der Waals surface area contributed by atoms with Gasteiger partial charge >= 0.3 is 11.9 Å². The number of thioether (sulfide) groups is 1. The zero-order valence-corrected chi connectivity index (χ0v) is 10.4. The first-order valence-corrected chi connectivity index (χ1v) is 6.05. The van der Waals surface area contributed by atoms with Gasteiger partial charge in [-0.2, -0.15) is 0 Å². The molecule has 7 heteroatoms. The lowest BCUT2D eigenvalue weighted by atomic mass is 10.2. The Hall–Kier alpha value is -1.76. The number of carbonyl (C=O) groups excluding carboxylic acids is 1. The minimum atomic E-state index is -1.33. The maximum Gasteiger partial charge on any atom is 0.339 e. The fraction of sp³-hybridized carbons (Fsp3) is 0.273. The lowest BCUT2D eigenvalue weighted by molar-refractivity contribution is -0.139. The molecular weight excluding hydrogens is 261 g/mol. The summed E-state index contributed by atoms with van der Waals surface area (Å²) in [6.07, 6.45) is 0. The summed E-state index contributed by atoms with van der Waals surface area (Å²) in [7, 11) is 0. The summed E-state index contributed by atoms with van der Waals surface area (Å²) in [6, 6.07) is 2.34. The van der Waals surface area contributed by atoms with Crippen molar-refractivity contribution in [3.63, 3.8) is 0 Å². The summed E-state index contributed by atoms with van der Waals surface area (Å²) in [5.41, 5.74) is 4.60. The summed E-state index contributed by atoms with van der Waals surface area (Å²) < 4.78 is 17.9. The smallest absolute Gasteiger partial charge is 0.339 e. The number of ether oxygens (including phenoxy) is 1. The van der Waals surface area contributed by atoms with Gasteiger partial charge in [0.05, 0.1) is 23.6 Å². The first-order chi connectivity index (χ1) is 8.47. The van der Waals surface area contributed by atoms with E-state index < -0.39 is 23.4 Å². The van der Waals surface area contributed by atoms with Gasteiger partial charge in [0.2, 0.25) is 0 Å². The average molecular weight is 273 g/mol. The van der Waals surface area contributed by atoms with Gasteiger partial charge in [0.15, 0.2) is 0 Å². The third kappa shape index (κ3) is 3.36. The van der Waals surface area contributed by atoms with Crippen LogP contribution >= 0.6 is 11.8 Å². The quantitative estimate of drug-likeness (QED) is 0.482. The molecule has 18 heavy (non-hydrogen) atoms. The molecule has 1 aromatic carbocycles. The maximum atomic E-state index is 13.1. The Labute approximate surface area is 107 Å². The molecular formula is C11H12FNO4S. The third-order valence-corrected chi connectivity index (χ3v) is 3.05. The Morgan fingerprint density at radius 1 is 1.50 bits per heavy atom. The molecule has 0 spiro atoms. The number of benzene rings is 1. The highest BCUT2D eigenvalue weighted by Crippen LogP contribution is 2.29. The average Bonchev–Trinajstić information content (AvgIpc) is 2.30. The topological polar surface area (TPSA) is 89.6 Å². The molecule has 0 bridgehead atoms. The number of hydrogen-bond acceptors (Lipinski definition) is 5. The van der Waals surface area contributed by atoms with E-state index in [0.717, 1.165) is 17.8 Å². The highest BCUT2D eigenvalue weighted by atomic mass is 32.2. The molecule has 1 rings (SSSR count). The van der Waals surface area contributed by atoms with E-state index in [9.17, 15) is 14.0 Å². The number of carboxylic acids is 1. The minimum Gasteiger partial charge on any atom is -0.478 e. The number of nitrogens with two attached hydrogens (primary N) is 1. The lowest BCUT2D eigenvalue weighted by Gasteiger charge is -2.08. The lowest BCUT2D eigenvalue weighted by Crippen LogP contribution is -2.09. The molecule has 0 aliphatic rings. The van der Waals surface area contributed by atoms with E-state index in [-0.39, 0.29) is 22.8 Å². The fourth-order valence-corrected chi connectivity index (χ4v) is 2.12. The Kier molecular flexibility index (Phi) is 4.96. The molecule has 0 heterocycles. The second kappa shape index (κ2) is 6.25. The minimum absolute atomic E-state index is 0.0564. The van der Waals surface area contributed by atoms with Gasteiger partial charge in [0.25, 0.3) is 0 Å². The van der Waals surface area contributed by atoms with Crippen molar-refractivity contribution in [1.29, 1.82) is 0 Å². The van der Waals surface area contributed by atoms with Gasteiger partial charge in [-0.25, -0.2) is 9.18 Å². The van der Waals surface area contributed by atoms with Crippen molar-refractivity contribution in [3.8, 4) is 0 Å². The monoisotopic (exact) mass is 273 g/mol. The second-order valence-electron chi connectivity index (χ2n) is 3.23. The second-order valence-corrected chi connectivity index (χ2v) is 4.25. The van der Waals surface area contributed by atoms with Gasteiger partial charge in [0, 0.05) is 4.90 Å². The number of carbonyl (C=O) groups is 2. The van der Waals surface area contributed by atoms with Crippen LogP contribution in [0.15, 0.2) is 17.0 Å². The highest BCUT2D eigenvalue weighted by Gasteiger charge is 2.18. The summed E-state index contributed by atoms with van der Waals surface area (Å²) >= 11 is 0.944. The Morgan fingerprint density at radius 3 is 2.72 bits per heavy atom. The molecule has 0 fully saturated rings. The number of carboxylic acid groups (broad SMARTS) is 1. The number of rotatable bonds is 5. The van der Waals surface area contributed by atoms with E-state index in [1.54, 1.807) is 6.92 Å². The Bertz CT molecular complexity index is 478. The fourth-order valence-electron chi connectivity index (χ4n) is 1.25. The van der Waals surface area contributed by atoms with E-state index in [2.05, 4.69) is 0 Å². The molecule has 0 atom stereocenters. The van der Waals surface area contributed by atoms with Crippen molar-refractivity contribution >= 4 is 29.4 Å². The molecule has 0 radical (unpaired) electrons. The summed E-state index contributed by atoms with van der Waals surface area (Å²) in [4.78, 5) is 22.4. The van der Waals surface area contributed by atoms with Gasteiger partial charge in [-0.3, -0.25) is 4.79 Å². The predicted octanol–water partition coefficient (Wildman–Crippen LogP) is 1.76. The number of hydrogen-bond donors (Lipinski definition) is 2. The van der Waals surface area contributed by atoms with Crippen molar-refractivity contribution in [2.24, 2.45) is 0 Å². The molecule has 3 N–H and O–H groups in total. The Morgan fingerprint density at radius 2 is 2.17 bits per heavy atom.